The molecule has 136 valence electrons. The summed E-state index contributed by atoms with van der Waals surface area (Å²) < 4.78 is 3.55. The minimum absolute atomic E-state index is 0.0150. The summed E-state index contributed by atoms with van der Waals surface area (Å²) in [4.78, 5) is 13.1. The Bertz CT molecular complexity index is 1160. The van der Waals surface area contributed by atoms with Gasteiger partial charge in [-0.2, -0.15) is 0 Å². The summed E-state index contributed by atoms with van der Waals surface area (Å²) in [5.74, 6) is 0. The van der Waals surface area contributed by atoms with Crippen molar-refractivity contribution in [3.63, 3.8) is 0 Å². The van der Waals surface area contributed by atoms with Crippen LogP contribution < -0.4 is 5.56 Å². The van der Waals surface area contributed by atoms with Crippen molar-refractivity contribution in [2.24, 2.45) is 0 Å². The van der Waals surface area contributed by atoms with Gasteiger partial charge in [-0.3, -0.25) is 4.79 Å². The molecule has 0 radical (unpaired) electrons. The highest BCUT2D eigenvalue weighted by Crippen LogP contribution is 2.23. The Morgan fingerprint density at radius 3 is 2.59 bits per heavy atom. The van der Waals surface area contributed by atoms with Gasteiger partial charge in [-0.1, -0.05) is 53.2 Å². The normalized spacial score (nSPS) is 11.8. The first-order valence-electron chi connectivity index (χ1n) is 9.02. The van der Waals surface area contributed by atoms with E-state index in [9.17, 15) is 4.79 Å². The third-order valence-corrected chi connectivity index (χ3v) is 5.02. The summed E-state index contributed by atoms with van der Waals surface area (Å²) in [7, 11) is 0. The molecule has 0 saturated carbocycles. The first-order valence-corrected chi connectivity index (χ1v) is 9.02. The molecule has 0 bridgehead atoms. The molecule has 4 rings (SSSR count). The molecule has 5 heteroatoms. The van der Waals surface area contributed by atoms with Gasteiger partial charge in [0, 0.05) is 11.6 Å². The summed E-state index contributed by atoms with van der Waals surface area (Å²) in [6, 6.07) is 18.1. The maximum atomic E-state index is 13.1. The van der Waals surface area contributed by atoms with Crippen molar-refractivity contribution in [1.29, 1.82) is 0 Å². The lowest BCUT2D eigenvalue weighted by Gasteiger charge is -2.25. The number of hydrogen-bond acceptors (Lipinski definition) is 3. The Morgan fingerprint density at radius 1 is 1.04 bits per heavy atom. The van der Waals surface area contributed by atoms with Crippen LogP contribution in [0.15, 0.2) is 71.8 Å². The van der Waals surface area contributed by atoms with E-state index in [2.05, 4.69) is 22.4 Å². The molecule has 0 aliphatic heterocycles. The van der Waals surface area contributed by atoms with Crippen molar-refractivity contribution in [3.8, 4) is 0 Å². The Kier molecular flexibility index (Phi) is 4.15. The van der Waals surface area contributed by atoms with E-state index in [1.807, 2.05) is 80.3 Å². The SMILES string of the molecule is Cc1ccc2ccn(C(C)(C)c3cn(Cc4ccccc4)nn3)c(=O)c2c1. The molecular weight excluding hydrogens is 336 g/mol. The van der Waals surface area contributed by atoms with Crippen molar-refractivity contribution in [3.05, 3.63) is 94.2 Å². The largest absolute Gasteiger partial charge is 0.304 e. The molecule has 0 saturated heterocycles. The minimum Gasteiger partial charge on any atom is -0.304 e. The first kappa shape index (κ1) is 17.2. The van der Waals surface area contributed by atoms with E-state index in [-0.39, 0.29) is 5.56 Å². The second-order valence-electron chi connectivity index (χ2n) is 7.43. The molecule has 0 amide bonds. The molecular formula is C22H22N4O. The van der Waals surface area contributed by atoms with Crippen LogP contribution in [0.25, 0.3) is 10.8 Å². The van der Waals surface area contributed by atoms with E-state index in [1.54, 1.807) is 4.57 Å². The van der Waals surface area contributed by atoms with E-state index >= 15 is 0 Å². The van der Waals surface area contributed by atoms with Crippen molar-refractivity contribution in [1.82, 2.24) is 19.6 Å². The number of aromatic nitrogens is 4. The lowest BCUT2D eigenvalue weighted by Crippen LogP contribution is -2.37. The fraction of sp³-hybridized carbons (Fsp3) is 0.227. The molecule has 0 atom stereocenters. The van der Waals surface area contributed by atoms with Crippen LogP contribution in [-0.2, 0) is 12.1 Å². The first-order chi connectivity index (χ1) is 12.9. The molecule has 0 aliphatic rings. The summed E-state index contributed by atoms with van der Waals surface area (Å²) in [6.45, 7) is 6.63. The summed E-state index contributed by atoms with van der Waals surface area (Å²) >= 11 is 0. The summed E-state index contributed by atoms with van der Waals surface area (Å²) in [5, 5.41) is 10.3. The van der Waals surface area contributed by atoms with Gasteiger partial charge in [-0.25, -0.2) is 4.68 Å². The topological polar surface area (TPSA) is 52.7 Å². The van der Waals surface area contributed by atoms with Crippen molar-refractivity contribution >= 4 is 10.8 Å². The van der Waals surface area contributed by atoms with Crippen LogP contribution in [0.5, 0.6) is 0 Å². The Balaban J connectivity index is 1.72. The van der Waals surface area contributed by atoms with Gasteiger partial charge in [0.1, 0.15) is 5.69 Å². The fourth-order valence-electron chi connectivity index (χ4n) is 3.34. The lowest BCUT2D eigenvalue weighted by atomic mass is 10.00. The molecule has 2 aromatic carbocycles. The summed E-state index contributed by atoms with van der Waals surface area (Å²) in [6.07, 6.45) is 3.76. The number of benzene rings is 2. The Hall–Kier alpha value is -3.21. The van der Waals surface area contributed by atoms with Crippen LogP contribution in [0.3, 0.4) is 0 Å². The predicted octanol–water partition coefficient (Wildman–Crippen LogP) is 3.73. The number of pyridine rings is 1. The number of fused-ring (bicyclic) bond motifs is 1. The van der Waals surface area contributed by atoms with Crippen molar-refractivity contribution in [2.75, 3.05) is 0 Å². The zero-order valence-electron chi connectivity index (χ0n) is 15.8. The molecule has 0 aliphatic carbocycles. The van der Waals surface area contributed by atoms with Crippen LogP contribution in [0.4, 0.5) is 0 Å². The smallest absolute Gasteiger partial charge is 0.259 e. The van der Waals surface area contributed by atoms with E-state index < -0.39 is 5.54 Å². The highest BCUT2D eigenvalue weighted by Gasteiger charge is 2.28. The molecule has 0 N–H and O–H groups in total. The quantitative estimate of drug-likeness (QED) is 0.558. The van der Waals surface area contributed by atoms with E-state index in [1.165, 1.54) is 0 Å². The average molecular weight is 358 g/mol. The predicted molar refractivity (Wildman–Crippen MR) is 107 cm³/mol. The standard InChI is InChI=1S/C22H22N4O/c1-16-9-10-18-11-12-26(21(27)19(18)13-16)22(2,3)20-15-25(24-23-20)14-17-7-5-4-6-8-17/h4-13,15H,14H2,1-3H3. The van der Waals surface area contributed by atoms with Crippen LogP contribution in [0.1, 0.15) is 30.7 Å². The van der Waals surface area contributed by atoms with Crippen LogP contribution in [0.2, 0.25) is 0 Å². The highest BCUT2D eigenvalue weighted by atomic mass is 16.1. The third kappa shape index (κ3) is 3.16. The molecule has 0 fully saturated rings. The maximum absolute atomic E-state index is 13.1. The molecule has 5 nitrogen and oxygen atoms in total. The van der Waals surface area contributed by atoms with Crippen LogP contribution >= 0.6 is 0 Å². The van der Waals surface area contributed by atoms with Crippen molar-refractivity contribution < 1.29 is 0 Å². The number of hydrogen-bond donors (Lipinski definition) is 0. The van der Waals surface area contributed by atoms with Crippen molar-refractivity contribution in [2.45, 2.75) is 32.9 Å². The van der Waals surface area contributed by atoms with Gasteiger partial charge >= 0.3 is 0 Å². The molecule has 0 unspecified atom stereocenters. The third-order valence-electron chi connectivity index (χ3n) is 5.02. The van der Waals surface area contributed by atoms with Gasteiger partial charge in [-0.15, -0.1) is 5.10 Å². The zero-order valence-corrected chi connectivity index (χ0v) is 15.8. The lowest BCUT2D eigenvalue weighted by molar-refractivity contribution is 0.411. The molecule has 2 heterocycles. The summed E-state index contributed by atoms with van der Waals surface area (Å²) in [5.41, 5.74) is 2.37. The number of nitrogens with zero attached hydrogens (tertiary/aromatic N) is 4. The second kappa shape index (κ2) is 6.50. The van der Waals surface area contributed by atoms with E-state index in [0.717, 1.165) is 27.6 Å². The highest BCUT2D eigenvalue weighted by molar-refractivity contribution is 5.82. The monoisotopic (exact) mass is 358 g/mol. The minimum atomic E-state index is -0.607. The maximum Gasteiger partial charge on any atom is 0.259 e. The van der Waals surface area contributed by atoms with Gasteiger partial charge in [0.25, 0.3) is 5.56 Å². The fourth-order valence-corrected chi connectivity index (χ4v) is 3.34. The van der Waals surface area contributed by atoms with Gasteiger partial charge in [0.05, 0.1) is 18.3 Å². The van der Waals surface area contributed by atoms with Gasteiger partial charge < -0.3 is 4.57 Å². The molecule has 4 aromatic rings. The molecule has 0 spiro atoms. The van der Waals surface area contributed by atoms with Crippen LogP contribution in [0, 0.1) is 6.92 Å². The molecule has 27 heavy (non-hydrogen) atoms. The van der Waals surface area contributed by atoms with Gasteiger partial charge in [0.2, 0.25) is 0 Å². The molecule has 2 aromatic heterocycles. The van der Waals surface area contributed by atoms with Gasteiger partial charge in [0.15, 0.2) is 0 Å². The van der Waals surface area contributed by atoms with Gasteiger partial charge in [-0.05, 0) is 43.9 Å². The second-order valence-corrected chi connectivity index (χ2v) is 7.43. The average Bonchev–Trinajstić information content (AvgIpc) is 3.12. The number of aryl methyl sites for hydroxylation is 1. The van der Waals surface area contributed by atoms with E-state index in [0.29, 0.717) is 6.54 Å². The van der Waals surface area contributed by atoms with E-state index in [4.69, 9.17) is 0 Å². The Labute approximate surface area is 157 Å². The zero-order chi connectivity index (χ0) is 19.0. The number of rotatable bonds is 4. The Morgan fingerprint density at radius 2 is 1.81 bits per heavy atom. The van der Waals surface area contributed by atoms with Crippen LogP contribution in [-0.4, -0.2) is 19.6 Å².